The maximum atomic E-state index is 13.9. The van der Waals surface area contributed by atoms with Crippen LogP contribution in [-0.2, 0) is 6.54 Å². The van der Waals surface area contributed by atoms with E-state index in [0.29, 0.717) is 6.04 Å². The van der Waals surface area contributed by atoms with Crippen molar-refractivity contribution >= 4 is 5.69 Å². The maximum Gasteiger partial charge on any atom is 0.125 e. The summed E-state index contributed by atoms with van der Waals surface area (Å²) < 4.78 is 13.9. The number of fused-ring (bicyclic) bond motifs is 1. The second-order valence-electron chi connectivity index (χ2n) is 6.30. The monoisotopic (exact) mass is 276 g/mol. The Balaban J connectivity index is 1.86. The molecule has 1 aliphatic carbocycles. The van der Waals surface area contributed by atoms with Gasteiger partial charge in [-0.15, -0.1) is 0 Å². The number of nitrogens with one attached hydrogen (secondary N) is 1. The van der Waals surface area contributed by atoms with E-state index in [4.69, 9.17) is 0 Å². The molecule has 1 N–H and O–H groups in total. The summed E-state index contributed by atoms with van der Waals surface area (Å²) in [6, 6.07) is 6.16. The van der Waals surface area contributed by atoms with E-state index in [1.807, 2.05) is 7.05 Å². The smallest absolute Gasteiger partial charge is 0.125 e. The zero-order chi connectivity index (χ0) is 13.9. The molecule has 1 aliphatic heterocycles. The highest BCUT2D eigenvalue weighted by molar-refractivity contribution is 5.50. The van der Waals surface area contributed by atoms with E-state index in [0.717, 1.165) is 30.3 Å². The largest absolute Gasteiger partial charge is 0.368 e. The summed E-state index contributed by atoms with van der Waals surface area (Å²) in [4.78, 5) is 2.48. The minimum Gasteiger partial charge on any atom is -0.368 e. The molecule has 0 spiro atoms. The van der Waals surface area contributed by atoms with Gasteiger partial charge in [-0.25, -0.2) is 4.39 Å². The Morgan fingerprint density at radius 1 is 1.15 bits per heavy atom. The molecule has 0 bridgehead atoms. The molecule has 20 heavy (non-hydrogen) atoms. The molecule has 1 heterocycles. The number of nitrogens with zero attached hydrogens (tertiary/aromatic N) is 1. The third-order valence-electron chi connectivity index (χ3n) is 4.90. The maximum absolute atomic E-state index is 13.9. The lowest BCUT2D eigenvalue weighted by molar-refractivity contribution is 0.243. The lowest BCUT2D eigenvalue weighted by atomic mass is 9.78. The van der Waals surface area contributed by atoms with Gasteiger partial charge in [-0.3, -0.25) is 0 Å². The van der Waals surface area contributed by atoms with Crippen molar-refractivity contribution < 1.29 is 4.39 Å². The van der Waals surface area contributed by atoms with Gasteiger partial charge >= 0.3 is 0 Å². The van der Waals surface area contributed by atoms with Crippen molar-refractivity contribution in [3.05, 3.63) is 29.6 Å². The summed E-state index contributed by atoms with van der Waals surface area (Å²) in [6.07, 6.45) is 7.96. The van der Waals surface area contributed by atoms with Crippen molar-refractivity contribution in [3.63, 3.8) is 0 Å². The summed E-state index contributed by atoms with van der Waals surface area (Å²) >= 11 is 0. The first-order valence-corrected chi connectivity index (χ1v) is 7.98. The van der Waals surface area contributed by atoms with E-state index in [1.165, 1.54) is 38.5 Å². The number of halogens is 1. The average Bonchev–Trinajstić information content (AvgIpc) is 2.46. The van der Waals surface area contributed by atoms with Crippen LogP contribution < -0.4 is 10.2 Å². The number of hydrogen-bond donors (Lipinski definition) is 1. The fourth-order valence-corrected chi connectivity index (χ4v) is 4.05. The number of benzene rings is 1. The Labute approximate surface area is 121 Å². The first kappa shape index (κ1) is 13.9. The van der Waals surface area contributed by atoms with Gasteiger partial charge < -0.3 is 10.2 Å². The van der Waals surface area contributed by atoms with Crippen molar-refractivity contribution in [1.29, 1.82) is 0 Å². The molecule has 0 aromatic heterocycles. The van der Waals surface area contributed by atoms with Crippen LogP contribution in [0.15, 0.2) is 18.2 Å². The van der Waals surface area contributed by atoms with Crippen LogP contribution in [0.2, 0.25) is 0 Å². The van der Waals surface area contributed by atoms with Crippen molar-refractivity contribution in [1.82, 2.24) is 5.32 Å². The van der Waals surface area contributed by atoms with Gasteiger partial charge in [0, 0.05) is 24.8 Å². The average molecular weight is 276 g/mol. The SMILES string of the molecule is CNCc1cc(F)cc(N2CCC[C@H]3CCCC[C@H]32)c1. The molecule has 1 saturated carbocycles. The van der Waals surface area contributed by atoms with Gasteiger partial charge in [-0.1, -0.05) is 12.8 Å². The van der Waals surface area contributed by atoms with E-state index in [-0.39, 0.29) is 5.82 Å². The van der Waals surface area contributed by atoms with Gasteiger partial charge in [-0.05, 0) is 62.4 Å². The highest BCUT2D eigenvalue weighted by atomic mass is 19.1. The van der Waals surface area contributed by atoms with Crippen LogP contribution in [0.4, 0.5) is 10.1 Å². The highest BCUT2D eigenvalue weighted by Gasteiger charge is 2.33. The molecule has 1 saturated heterocycles. The van der Waals surface area contributed by atoms with E-state index >= 15 is 0 Å². The van der Waals surface area contributed by atoms with Crippen LogP contribution in [-0.4, -0.2) is 19.6 Å². The summed E-state index contributed by atoms with van der Waals surface area (Å²) in [6.45, 7) is 1.82. The minimum absolute atomic E-state index is 0.106. The summed E-state index contributed by atoms with van der Waals surface area (Å²) in [5.74, 6) is 0.721. The predicted molar refractivity (Wildman–Crippen MR) is 81.5 cm³/mol. The van der Waals surface area contributed by atoms with Gasteiger partial charge in [0.15, 0.2) is 0 Å². The predicted octanol–water partition coefficient (Wildman–Crippen LogP) is 3.70. The Hall–Kier alpha value is -1.09. The van der Waals surface area contributed by atoms with Gasteiger partial charge in [0.1, 0.15) is 5.82 Å². The molecule has 2 fully saturated rings. The van der Waals surface area contributed by atoms with Crippen molar-refractivity contribution in [2.75, 3.05) is 18.5 Å². The van der Waals surface area contributed by atoms with Gasteiger partial charge in [0.05, 0.1) is 0 Å². The standard InChI is InChI=1S/C17H25FN2/c1-19-12-13-9-15(18)11-16(10-13)20-8-4-6-14-5-2-3-7-17(14)20/h9-11,14,17,19H,2-8,12H2,1H3/t14-,17-/m1/s1. The Morgan fingerprint density at radius 3 is 2.80 bits per heavy atom. The van der Waals surface area contributed by atoms with E-state index in [1.54, 1.807) is 12.1 Å². The first-order chi connectivity index (χ1) is 9.78. The zero-order valence-electron chi connectivity index (χ0n) is 12.4. The molecule has 0 amide bonds. The Kier molecular flexibility index (Phi) is 4.25. The molecular weight excluding hydrogens is 251 g/mol. The summed E-state index contributed by atoms with van der Waals surface area (Å²) in [5, 5.41) is 3.11. The fourth-order valence-electron chi connectivity index (χ4n) is 4.05. The minimum atomic E-state index is -0.106. The molecule has 3 heteroatoms. The second-order valence-corrected chi connectivity index (χ2v) is 6.30. The van der Waals surface area contributed by atoms with Crippen LogP contribution in [0.1, 0.15) is 44.1 Å². The third-order valence-corrected chi connectivity index (χ3v) is 4.90. The number of hydrogen-bond acceptors (Lipinski definition) is 2. The normalized spacial score (nSPS) is 26.4. The first-order valence-electron chi connectivity index (χ1n) is 7.98. The molecule has 2 aliphatic rings. The van der Waals surface area contributed by atoms with Crippen LogP contribution in [0.3, 0.4) is 0 Å². The number of rotatable bonds is 3. The number of piperidine rings is 1. The van der Waals surface area contributed by atoms with E-state index < -0.39 is 0 Å². The highest BCUT2D eigenvalue weighted by Crippen LogP contribution is 2.38. The van der Waals surface area contributed by atoms with Crippen molar-refractivity contribution in [3.8, 4) is 0 Å². The summed E-state index contributed by atoms with van der Waals surface area (Å²) in [7, 11) is 1.91. The van der Waals surface area contributed by atoms with Crippen LogP contribution in [0, 0.1) is 11.7 Å². The summed E-state index contributed by atoms with van der Waals surface area (Å²) in [5.41, 5.74) is 2.13. The molecular formula is C17H25FN2. The lowest BCUT2D eigenvalue weighted by Gasteiger charge is -2.45. The van der Waals surface area contributed by atoms with Gasteiger partial charge in [0.2, 0.25) is 0 Å². The topological polar surface area (TPSA) is 15.3 Å². The molecule has 3 rings (SSSR count). The number of anilines is 1. The molecule has 110 valence electrons. The van der Waals surface area contributed by atoms with Crippen molar-refractivity contribution in [2.24, 2.45) is 5.92 Å². The zero-order valence-corrected chi connectivity index (χ0v) is 12.4. The second kappa shape index (κ2) is 6.13. The Morgan fingerprint density at radius 2 is 1.95 bits per heavy atom. The molecule has 1 aromatic rings. The van der Waals surface area contributed by atoms with Crippen LogP contribution in [0.25, 0.3) is 0 Å². The molecule has 0 radical (unpaired) electrons. The third kappa shape index (κ3) is 2.83. The molecule has 2 atom stereocenters. The van der Waals surface area contributed by atoms with Crippen molar-refractivity contribution in [2.45, 2.75) is 51.1 Å². The molecule has 2 nitrogen and oxygen atoms in total. The molecule has 1 aromatic carbocycles. The molecule has 0 unspecified atom stereocenters. The van der Waals surface area contributed by atoms with E-state index in [2.05, 4.69) is 16.3 Å². The lowest BCUT2D eigenvalue weighted by Crippen LogP contribution is -2.47. The van der Waals surface area contributed by atoms with Gasteiger partial charge in [-0.2, -0.15) is 0 Å². The van der Waals surface area contributed by atoms with E-state index in [9.17, 15) is 4.39 Å². The fraction of sp³-hybridized carbons (Fsp3) is 0.647. The Bertz CT molecular complexity index is 458. The van der Waals surface area contributed by atoms with Crippen LogP contribution >= 0.6 is 0 Å². The quantitative estimate of drug-likeness (QED) is 0.905. The van der Waals surface area contributed by atoms with Crippen LogP contribution in [0.5, 0.6) is 0 Å². The van der Waals surface area contributed by atoms with Gasteiger partial charge in [0.25, 0.3) is 0 Å².